The Bertz CT molecular complexity index is 471. The van der Waals surface area contributed by atoms with E-state index in [1.165, 1.54) is 6.21 Å². The van der Waals surface area contributed by atoms with Crippen LogP contribution in [0.15, 0.2) is 23.2 Å². The predicted molar refractivity (Wildman–Crippen MR) is 48.5 cm³/mol. The van der Waals surface area contributed by atoms with E-state index in [1.807, 2.05) is 12.1 Å². The molecule has 0 saturated heterocycles. The zero-order chi connectivity index (χ0) is 8.55. The number of carbonyl (C=O) groups excluding carboxylic acids is 1. The lowest BCUT2D eigenvalue weighted by atomic mass is 10.1. The molecule has 0 spiro atoms. The standard InChI is InChI=1S/C10H7NO/c1-7-3-2-4-9-8(7)5-6-11-10(9)12/h2-6H,1H2. The van der Waals surface area contributed by atoms with E-state index in [9.17, 15) is 4.79 Å². The Balaban J connectivity index is 2.94. The summed E-state index contributed by atoms with van der Waals surface area (Å²) in [5.74, 6) is -0.182. The minimum Gasteiger partial charge on any atom is -0.267 e. The Morgan fingerprint density at radius 3 is 2.92 bits per heavy atom. The first-order valence-corrected chi connectivity index (χ1v) is 3.66. The number of benzene rings is 1. The number of nitrogens with zero attached hydrogens (tertiary/aromatic N) is 1. The average Bonchev–Trinajstić information content (AvgIpc) is 2.07. The molecule has 0 bridgehead atoms. The van der Waals surface area contributed by atoms with Crippen LogP contribution in [-0.4, -0.2) is 12.1 Å². The molecule has 2 heteroatoms. The van der Waals surface area contributed by atoms with E-state index in [0.717, 1.165) is 10.4 Å². The minimum absolute atomic E-state index is 0.182. The van der Waals surface area contributed by atoms with Crippen LogP contribution < -0.4 is 10.4 Å². The van der Waals surface area contributed by atoms with Crippen molar-refractivity contribution in [3.05, 3.63) is 34.2 Å². The van der Waals surface area contributed by atoms with E-state index in [2.05, 4.69) is 11.6 Å². The second-order valence-corrected chi connectivity index (χ2v) is 2.63. The number of aliphatic imine (C=N–C) groups is 1. The van der Waals surface area contributed by atoms with Crippen molar-refractivity contribution in [1.29, 1.82) is 0 Å². The molecule has 0 aliphatic carbocycles. The molecule has 0 fully saturated rings. The molecule has 2 nitrogen and oxygen atoms in total. The molecule has 0 unspecified atom stereocenters. The highest BCUT2D eigenvalue weighted by atomic mass is 16.1. The Labute approximate surface area is 69.6 Å². The van der Waals surface area contributed by atoms with Crippen LogP contribution in [-0.2, 0) is 0 Å². The summed E-state index contributed by atoms with van der Waals surface area (Å²) in [4.78, 5) is 14.9. The molecule has 0 saturated carbocycles. The van der Waals surface area contributed by atoms with E-state index in [1.54, 1.807) is 12.1 Å². The van der Waals surface area contributed by atoms with Crippen LogP contribution >= 0.6 is 0 Å². The zero-order valence-electron chi connectivity index (χ0n) is 6.45. The third-order valence-electron chi connectivity index (χ3n) is 1.86. The second kappa shape index (κ2) is 2.41. The normalized spacial score (nSPS) is 13.8. The van der Waals surface area contributed by atoms with Gasteiger partial charge in [0.2, 0.25) is 0 Å². The summed E-state index contributed by atoms with van der Waals surface area (Å²) in [6, 6.07) is 5.45. The van der Waals surface area contributed by atoms with Crippen LogP contribution in [0.2, 0.25) is 0 Å². The maximum atomic E-state index is 11.2. The first-order chi connectivity index (χ1) is 5.79. The molecule has 1 amide bonds. The van der Waals surface area contributed by atoms with Crippen LogP contribution in [0.1, 0.15) is 10.4 Å². The number of fused-ring (bicyclic) bond motifs is 1. The summed E-state index contributed by atoms with van der Waals surface area (Å²) in [7, 11) is 0. The molecule has 58 valence electrons. The first kappa shape index (κ1) is 6.98. The lowest BCUT2D eigenvalue weighted by Gasteiger charge is -2.00. The van der Waals surface area contributed by atoms with Crippen molar-refractivity contribution < 1.29 is 4.79 Å². The lowest BCUT2D eigenvalue weighted by Crippen LogP contribution is -2.31. The summed E-state index contributed by atoms with van der Waals surface area (Å²) in [6.45, 7) is 3.82. The summed E-state index contributed by atoms with van der Waals surface area (Å²) < 4.78 is 0. The number of carbonyl (C=O) groups is 1. The molecule has 0 N–H and O–H groups in total. The summed E-state index contributed by atoms with van der Waals surface area (Å²) >= 11 is 0. The van der Waals surface area contributed by atoms with E-state index in [-0.39, 0.29) is 5.91 Å². The van der Waals surface area contributed by atoms with Gasteiger partial charge >= 0.3 is 0 Å². The SMILES string of the molecule is C=c1cccc2c1=CC=NC2=O. The van der Waals surface area contributed by atoms with Crippen molar-refractivity contribution in [2.24, 2.45) is 4.99 Å². The fraction of sp³-hybridized carbons (Fsp3) is 0. The van der Waals surface area contributed by atoms with Gasteiger partial charge in [-0.25, -0.2) is 4.99 Å². The molecular formula is C10H7NO. The van der Waals surface area contributed by atoms with Crippen molar-refractivity contribution in [3.8, 4) is 0 Å². The highest BCUT2D eigenvalue weighted by Crippen LogP contribution is 1.94. The topological polar surface area (TPSA) is 29.4 Å². The summed E-state index contributed by atoms with van der Waals surface area (Å²) in [5, 5.41) is 1.75. The Hall–Kier alpha value is -1.70. The molecule has 12 heavy (non-hydrogen) atoms. The van der Waals surface area contributed by atoms with Crippen molar-refractivity contribution in [1.82, 2.24) is 0 Å². The Morgan fingerprint density at radius 1 is 1.33 bits per heavy atom. The molecule has 1 aliphatic heterocycles. The van der Waals surface area contributed by atoms with Crippen molar-refractivity contribution in [3.63, 3.8) is 0 Å². The number of rotatable bonds is 0. The maximum absolute atomic E-state index is 11.2. The average molecular weight is 157 g/mol. The molecule has 1 aromatic rings. The van der Waals surface area contributed by atoms with Gasteiger partial charge in [-0.3, -0.25) is 4.79 Å². The van der Waals surface area contributed by atoms with E-state index in [0.29, 0.717) is 5.56 Å². The third kappa shape index (κ3) is 0.889. The van der Waals surface area contributed by atoms with Gasteiger partial charge in [-0.05, 0) is 22.6 Å². The predicted octanol–water partition coefficient (Wildman–Crippen LogP) is 0.102. The van der Waals surface area contributed by atoms with Gasteiger partial charge < -0.3 is 0 Å². The highest BCUT2D eigenvalue weighted by molar-refractivity contribution is 6.09. The van der Waals surface area contributed by atoms with Crippen molar-refractivity contribution in [2.45, 2.75) is 0 Å². The lowest BCUT2D eigenvalue weighted by molar-refractivity contribution is 0.100. The number of hydrogen-bond donors (Lipinski definition) is 0. The number of hydrogen-bond acceptors (Lipinski definition) is 1. The zero-order valence-corrected chi connectivity index (χ0v) is 6.45. The minimum atomic E-state index is -0.182. The van der Waals surface area contributed by atoms with Gasteiger partial charge in [0.1, 0.15) is 0 Å². The molecule has 0 aromatic heterocycles. The molecular weight excluding hydrogens is 150 g/mol. The third-order valence-corrected chi connectivity index (χ3v) is 1.86. The maximum Gasteiger partial charge on any atom is 0.277 e. The highest BCUT2D eigenvalue weighted by Gasteiger charge is 2.06. The van der Waals surface area contributed by atoms with Gasteiger partial charge in [0.25, 0.3) is 5.91 Å². The Morgan fingerprint density at radius 2 is 2.17 bits per heavy atom. The van der Waals surface area contributed by atoms with E-state index in [4.69, 9.17) is 0 Å². The molecule has 0 atom stereocenters. The molecule has 2 rings (SSSR count). The summed E-state index contributed by atoms with van der Waals surface area (Å²) in [5.41, 5.74) is 0.644. The van der Waals surface area contributed by atoms with Gasteiger partial charge in [-0.1, -0.05) is 18.7 Å². The van der Waals surface area contributed by atoms with Gasteiger partial charge in [-0.15, -0.1) is 0 Å². The smallest absolute Gasteiger partial charge is 0.267 e. The van der Waals surface area contributed by atoms with Crippen LogP contribution in [0.5, 0.6) is 0 Å². The molecule has 1 aliphatic rings. The fourth-order valence-corrected chi connectivity index (χ4v) is 1.25. The van der Waals surface area contributed by atoms with E-state index < -0.39 is 0 Å². The molecule has 1 heterocycles. The Kier molecular flexibility index (Phi) is 1.40. The van der Waals surface area contributed by atoms with Crippen molar-refractivity contribution >= 4 is 24.8 Å². The quantitative estimate of drug-likeness (QED) is 0.525. The van der Waals surface area contributed by atoms with Crippen molar-refractivity contribution in [2.75, 3.05) is 0 Å². The monoisotopic (exact) mass is 157 g/mol. The first-order valence-electron chi connectivity index (χ1n) is 3.66. The second-order valence-electron chi connectivity index (χ2n) is 2.63. The largest absolute Gasteiger partial charge is 0.277 e. The van der Waals surface area contributed by atoms with Crippen LogP contribution in [0, 0.1) is 0 Å². The van der Waals surface area contributed by atoms with Gasteiger partial charge in [0.15, 0.2) is 0 Å². The fourth-order valence-electron chi connectivity index (χ4n) is 1.25. The van der Waals surface area contributed by atoms with Gasteiger partial charge in [-0.2, -0.15) is 0 Å². The van der Waals surface area contributed by atoms with Gasteiger partial charge in [0, 0.05) is 11.8 Å². The van der Waals surface area contributed by atoms with Gasteiger partial charge in [0.05, 0.1) is 0 Å². The van der Waals surface area contributed by atoms with Crippen LogP contribution in [0.25, 0.3) is 12.7 Å². The van der Waals surface area contributed by atoms with E-state index >= 15 is 0 Å². The summed E-state index contributed by atoms with van der Waals surface area (Å²) in [6.07, 6.45) is 3.32. The molecule has 1 aromatic carbocycles. The van der Waals surface area contributed by atoms with Crippen LogP contribution in [0.4, 0.5) is 0 Å². The number of amides is 1. The van der Waals surface area contributed by atoms with Crippen LogP contribution in [0.3, 0.4) is 0 Å². The molecule has 0 radical (unpaired) electrons.